The van der Waals surface area contributed by atoms with Gasteiger partial charge in [-0.15, -0.1) is 0 Å². The molecule has 1 aromatic heterocycles. The lowest BCUT2D eigenvalue weighted by Gasteiger charge is -2.19. The summed E-state index contributed by atoms with van der Waals surface area (Å²) >= 11 is 12.1. The zero-order chi connectivity index (χ0) is 19.2. The Hall–Kier alpha value is -2.08. The molecular formula is C20H23Cl2N5. The van der Waals surface area contributed by atoms with Crippen molar-refractivity contribution in [3.63, 3.8) is 0 Å². The highest BCUT2D eigenvalue weighted by Crippen LogP contribution is 2.28. The van der Waals surface area contributed by atoms with Gasteiger partial charge in [-0.1, -0.05) is 49.2 Å². The Bertz CT molecular complexity index is 912. The fourth-order valence-electron chi connectivity index (χ4n) is 2.84. The van der Waals surface area contributed by atoms with Crippen LogP contribution >= 0.6 is 23.2 Å². The second-order valence-corrected chi connectivity index (χ2v) is 6.93. The number of rotatable bonds is 8. The first-order chi connectivity index (χ1) is 13.1. The first kappa shape index (κ1) is 19.7. The quantitative estimate of drug-likeness (QED) is 0.524. The fraction of sp³-hybridized carbons (Fsp3) is 0.300. The first-order valence-corrected chi connectivity index (χ1v) is 9.81. The maximum Gasteiger partial charge on any atom is 0.229 e. The van der Waals surface area contributed by atoms with Crippen molar-refractivity contribution in [1.29, 1.82) is 0 Å². The molecule has 3 aromatic rings. The van der Waals surface area contributed by atoms with Crippen molar-refractivity contribution in [3.05, 3.63) is 52.5 Å². The molecule has 27 heavy (non-hydrogen) atoms. The SMILES string of the molecule is CCN(CC)CCNc1nc(Nc2ccc(Cl)c(Cl)c2)nc2ccccc12. The van der Waals surface area contributed by atoms with Crippen LogP contribution in [0.2, 0.25) is 10.0 Å². The van der Waals surface area contributed by atoms with Gasteiger partial charge in [0.2, 0.25) is 5.95 Å². The summed E-state index contributed by atoms with van der Waals surface area (Å²) in [5.74, 6) is 1.33. The summed E-state index contributed by atoms with van der Waals surface area (Å²) in [6.07, 6.45) is 0. The molecule has 0 fully saturated rings. The van der Waals surface area contributed by atoms with E-state index < -0.39 is 0 Å². The van der Waals surface area contributed by atoms with E-state index in [0.29, 0.717) is 16.0 Å². The number of nitrogens with zero attached hydrogens (tertiary/aromatic N) is 3. The summed E-state index contributed by atoms with van der Waals surface area (Å²) in [6, 6.07) is 13.3. The predicted octanol–water partition coefficient (Wildman–Crippen LogP) is 5.43. The fourth-order valence-corrected chi connectivity index (χ4v) is 3.14. The van der Waals surface area contributed by atoms with Crippen LogP contribution in [-0.4, -0.2) is 41.0 Å². The van der Waals surface area contributed by atoms with Gasteiger partial charge in [-0.25, -0.2) is 4.98 Å². The predicted molar refractivity (Wildman–Crippen MR) is 116 cm³/mol. The molecule has 0 amide bonds. The molecule has 7 heteroatoms. The number of anilines is 3. The lowest BCUT2D eigenvalue weighted by atomic mass is 10.2. The number of benzene rings is 2. The van der Waals surface area contributed by atoms with E-state index in [1.807, 2.05) is 30.3 Å². The monoisotopic (exact) mass is 403 g/mol. The van der Waals surface area contributed by atoms with Gasteiger partial charge in [-0.05, 0) is 43.4 Å². The standard InChI is InChI=1S/C20H23Cl2N5/c1-3-27(4-2)12-11-23-19-15-7-5-6-8-18(15)25-20(26-19)24-14-9-10-16(21)17(22)13-14/h5-10,13H,3-4,11-12H2,1-2H3,(H2,23,24,25,26). The van der Waals surface area contributed by atoms with Crippen molar-refractivity contribution in [3.8, 4) is 0 Å². The third kappa shape index (κ3) is 5.01. The number of hydrogen-bond acceptors (Lipinski definition) is 5. The van der Waals surface area contributed by atoms with Crippen molar-refractivity contribution in [2.75, 3.05) is 36.8 Å². The highest BCUT2D eigenvalue weighted by atomic mass is 35.5. The number of fused-ring (bicyclic) bond motifs is 1. The van der Waals surface area contributed by atoms with Gasteiger partial charge in [-0.2, -0.15) is 4.98 Å². The van der Waals surface area contributed by atoms with Gasteiger partial charge in [0.25, 0.3) is 0 Å². The topological polar surface area (TPSA) is 53.1 Å². The molecule has 0 aliphatic rings. The van der Waals surface area contributed by atoms with Crippen molar-refractivity contribution < 1.29 is 0 Å². The molecule has 2 aromatic carbocycles. The number of para-hydroxylation sites is 1. The maximum atomic E-state index is 6.10. The smallest absolute Gasteiger partial charge is 0.229 e. The minimum absolute atomic E-state index is 0.486. The summed E-state index contributed by atoms with van der Waals surface area (Å²) in [4.78, 5) is 11.6. The van der Waals surface area contributed by atoms with E-state index >= 15 is 0 Å². The lowest BCUT2D eigenvalue weighted by molar-refractivity contribution is 0.316. The Morgan fingerprint density at radius 2 is 1.74 bits per heavy atom. The van der Waals surface area contributed by atoms with E-state index in [9.17, 15) is 0 Å². The van der Waals surface area contributed by atoms with Crippen LogP contribution in [0.5, 0.6) is 0 Å². The third-order valence-corrected chi connectivity index (χ3v) is 5.13. The minimum Gasteiger partial charge on any atom is -0.368 e. The summed E-state index contributed by atoms with van der Waals surface area (Å²) in [7, 11) is 0. The molecule has 0 radical (unpaired) electrons. The number of hydrogen-bond donors (Lipinski definition) is 2. The molecule has 0 saturated heterocycles. The number of aromatic nitrogens is 2. The highest BCUT2D eigenvalue weighted by Gasteiger charge is 2.09. The summed E-state index contributed by atoms with van der Waals surface area (Å²) in [5.41, 5.74) is 1.66. The molecule has 142 valence electrons. The molecule has 0 spiro atoms. The maximum absolute atomic E-state index is 6.10. The number of halogens is 2. The van der Waals surface area contributed by atoms with E-state index in [4.69, 9.17) is 23.2 Å². The van der Waals surface area contributed by atoms with Crippen LogP contribution in [0.1, 0.15) is 13.8 Å². The minimum atomic E-state index is 0.486. The molecule has 5 nitrogen and oxygen atoms in total. The average Bonchev–Trinajstić information content (AvgIpc) is 2.68. The summed E-state index contributed by atoms with van der Waals surface area (Å²) in [5, 5.41) is 8.66. The van der Waals surface area contributed by atoms with Crippen LogP contribution < -0.4 is 10.6 Å². The van der Waals surface area contributed by atoms with Crippen LogP contribution in [0, 0.1) is 0 Å². The van der Waals surface area contributed by atoms with Gasteiger partial charge in [-0.3, -0.25) is 0 Å². The zero-order valence-electron chi connectivity index (χ0n) is 15.5. The van der Waals surface area contributed by atoms with Crippen molar-refractivity contribution in [2.24, 2.45) is 0 Å². The molecule has 0 atom stereocenters. The molecular weight excluding hydrogens is 381 g/mol. The normalized spacial score (nSPS) is 11.1. The third-order valence-electron chi connectivity index (χ3n) is 4.39. The molecule has 3 rings (SSSR count). The van der Waals surface area contributed by atoms with E-state index in [1.54, 1.807) is 12.1 Å². The van der Waals surface area contributed by atoms with Crippen LogP contribution in [0.15, 0.2) is 42.5 Å². The van der Waals surface area contributed by atoms with Gasteiger partial charge in [0, 0.05) is 24.2 Å². The zero-order valence-corrected chi connectivity index (χ0v) is 17.0. The summed E-state index contributed by atoms with van der Waals surface area (Å²) in [6.45, 7) is 8.18. The van der Waals surface area contributed by atoms with Crippen molar-refractivity contribution in [1.82, 2.24) is 14.9 Å². The van der Waals surface area contributed by atoms with Gasteiger partial charge in [0.1, 0.15) is 5.82 Å². The number of likely N-dealkylation sites (N-methyl/N-ethyl adjacent to an activating group) is 1. The number of nitrogens with one attached hydrogen (secondary N) is 2. The molecule has 2 N–H and O–H groups in total. The summed E-state index contributed by atoms with van der Waals surface area (Å²) < 4.78 is 0. The highest BCUT2D eigenvalue weighted by molar-refractivity contribution is 6.42. The Morgan fingerprint density at radius 3 is 2.48 bits per heavy atom. The van der Waals surface area contributed by atoms with Crippen molar-refractivity contribution in [2.45, 2.75) is 13.8 Å². The molecule has 0 unspecified atom stereocenters. The van der Waals surface area contributed by atoms with Gasteiger partial charge >= 0.3 is 0 Å². The second kappa shape index (κ2) is 9.22. The van der Waals surface area contributed by atoms with Crippen LogP contribution in [0.4, 0.5) is 17.5 Å². The van der Waals surface area contributed by atoms with Gasteiger partial charge in [0.15, 0.2) is 0 Å². The first-order valence-electron chi connectivity index (χ1n) is 9.05. The van der Waals surface area contributed by atoms with E-state index in [1.165, 1.54) is 0 Å². The Morgan fingerprint density at radius 1 is 0.963 bits per heavy atom. The molecule has 1 heterocycles. The molecule has 0 aliphatic heterocycles. The van der Waals surface area contributed by atoms with Crippen LogP contribution in [0.25, 0.3) is 10.9 Å². The van der Waals surface area contributed by atoms with Crippen molar-refractivity contribution >= 4 is 51.6 Å². The van der Waals surface area contributed by atoms with E-state index in [-0.39, 0.29) is 0 Å². The molecule has 0 saturated carbocycles. The lowest BCUT2D eigenvalue weighted by Crippen LogP contribution is -2.28. The largest absolute Gasteiger partial charge is 0.368 e. The average molecular weight is 404 g/mol. The Labute approximate surface area is 169 Å². The van der Waals surface area contributed by atoms with Crippen LogP contribution in [-0.2, 0) is 0 Å². The molecule has 0 aliphatic carbocycles. The Kier molecular flexibility index (Phi) is 6.72. The van der Waals surface area contributed by atoms with Gasteiger partial charge < -0.3 is 15.5 Å². The van der Waals surface area contributed by atoms with E-state index in [0.717, 1.165) is 48.6 Å². The molecule has 0 bridgehead atoms. The van der Waals surface area contributed by atoms with Crippen LogP contribution in [0.3, 0.4) is 0 Å². The van der Waals surface area contributed by atoms with E-state index in [2.05, 4.69) is 39.3 Å². The second-order valence-electron chi connectivity index (χ2n) is 6.12. The Balaban J connectivity index is 1.84. The van der Waals surface area contributed by atoms with Gasteiger partial charge in [0.05, 0.1) is 15.6 Å².